The van der Waals surface area contributed by atoms with E-state index >= 15 is 0 Å². The second-order valence-corrected chi connectivity index (χ2v) is 5.74. The smallest absolute Gasteiger partial charge is 0.107 e. The highest BCUT2D eigenvalue weighted by Gasteiger charge is 2.20. The van der Waals surface area contributed by atoms with Crippen LogP contribution in [0.15, 0.2) is 30.3 Å². The summed E-state index contributed by atoms with van der Waals surface area (Å²) < 4.78 is 0. The van der Waals surface area contributed by atoms with E-state index in [9.17, 15) is 5.11 Å². The molecular formula is C17H27NO. The van der Waals surface area contributed by atoms with Crippen molar-refractivity contribution in [3.63, 3.8) is 0 Å². The van der Waals surface area contributed by atoms with Gasteiger partial charge in [-0.15, -0.1) is 0 Å². The normalized spacial score (nSPS) is 18.4. The van der Waals surface area contributed by atoms with Crippen LogP contribution in [0.5, 0.6) is 0 Å². The predicted octanol–water partition coefficient (Wildman–Crippen LogP) is 3.50. The summed E-state index contributed by atoms with van der Waals surface area (Å²) in [6.07, 6.45) is 9.50. The van der Waals surface area contributed by atoms with Crippen molar-refractivity contribution in [2.45, 2.75) is 57.6 Å². The van der Waals surface area contributed by atoms with E-state index in [1.54, 1.807) is 0 Å². The van der Waals surface area contributed by atoms with Gasteiger partial charge in [-0.05, 0) is 50.1 Å². The molecule has 2 heteroatoms. The summed E-state index contributed by atoms with van der Waals surface area (Å²) in [4.78, 5) is 0. The van der Waals surface area contributed by atoms with E-state index < -0.39 is 0 Å². The standard InChI is InChI=1S/C17H27NO/c19-17(16-12-5-2-6-13-16)18-14-8-7-11-15-9-3-1-4-10-15/h1,3-4,9-10,16-19H,2,5-8,11-14H2. The van der Waals surface area contributed by atoms with Crippen molar-refractivity contribution < 1.29 is 5.11 Å². The molecule has 2 rings (SSSR count). The molecule has 1 aliphatic carbocycles. The quantitative estimate of drug-likeness (QED) is 0.581. The van der Waals surface area contributed by atoms with Crippen molar-refractivity contribution in [3.8, 4) is 0 Å². The second kappa shape index (κ2) is 8.34. The monoisotopic (exact) mass is 261 g/mol. The molecule has 1 aliphatic rings. The lowest BCUT2D eigenvalue weighted by Crippen LogP contribution is -2.37. The average molecular weight is 261 g/mol. The van der Waals surface area contributed by atoms with Crippen LogP contribution in [0.1, 0.15) is 50.5 Å². The van der Waals surface area contributed by atoms with E-state index in [-0.39, 0.29) is 6.23 Å². The first kappa shape index (κ1) is 14.5. The van der Waals surface area contributed by atoms with Gasteiger partial charge in [-0.1, -0.05) is 49.6 Å². The number of unbranched alkanes of at least 4 members (excludes halogenated alkanes) is 1. The Morgan fingerprint density at radius 2 is 1.79 bits per heavy atom. The van der Waals surface area contributed by atoms with Crippen LogP contribution in [0.3, 0.4) is 0 Å². The first-order chi connectivity index (χ1) is 9.36. The molecule has 0 radical (unpaired) electrons. The summed E-state index contributed by atoms with van der Waals surface area (Å²) in [7, 11) is 0. The lowest BCUT2D eigenvalue weighted by molar-refractivity contribution is 0.0552. The molecule has 0 spiro atoms. The maximum Gasteiger partial charge on any atom is 0.107 e. The summed E-state index contributed by atoms with van der Waals surface area (Å²) in [6.45, 7) is 0.935. The third kappa shape index (κ3) is 5.33. The van der Waals surface area contributed by atoms with Crippen molar-refractivity contribution in [1.82, 2.24) is 5.32 Å². The zero-order valence-corrected chi connectivity index (χ0v) is 11.9. The van der Waals surface area contributed by atoms with Gasteiger partial charge < -0.3 is 5.11 Å². The van der Waals surface area contributed by atoms with Crippen molar-refractivity contribution >= 4 is 0 Å². The molecule has 0 bridgehead atoms. The highest BCUT2D eigenvalue weighted by molar-refractivity contribution is 5.14. The topological polar surface area (TPSA) is 32.3 Å². The van der Waals surface area contributed by atoms with E-state index in [0.717, 1.165) is 19.4 Å². The first-order valence-corrected chi connectivity index (χ1v) is 7.81. The Morgan fingerprint density at radius 1 is 1.05 bits per heavy atom. The van der Waals surface area contributed by atoms with Crippen molar-refractivity contribution in [2.75, 3.05) is 6.54 Å². The zero-order valence-electron chi connectivity index (χ0n) is 11.9. The van der Waals surface area contributed by atoms with E-state index in [2.05, 4.69) is 35.6 Å². The molecule has 1 saturated carbocycles. The average Bonchev–Trinajstić information content (AvgIpc) is 2.49. The van der Waals surface area contributed by atoms with Crippen molar-refractivity contribution in [3.05, 3.63) is 35.9 Å². The molecule has 0 aromatic heterocycles. The Balaban J connectivity index is 1.54. The Morgan fingerprint density at radius 3 is 2.53 bits per heavy atom. The van der Waals surface area contributed by atoms with Crippen molar-refractivity contribution in [2.24, 2.45) is 5.92 Å². The van der Waals surface area contributed by atoms with Crippen LogP contribution < -0.4 is 5.32 Å². The lowest BCUT2D eigenvalue weighted by Gasteiger charge is -2.27. The van der Waals surface area contributed by atoms with Gasteiger partial charge in [-0.25, -0.2) is 0 Å². The van der Waals surface area contributed by atoms with Gasteiger partial charge in [0, 0.05) is 0 Å². The van der Waals surface area contributed by atoms with E-state index in [1.165, 1.54) is 44.1 Å². The van der Waals surface area contributed by atoms with Crippen LogP contribution in [0.2, 0.25) is 0 Å². The largest absolute Gasteiger partial charge is 0.378 e. The number of hydrogen-bond donors (Lipinski definition) is 2. The Labute approximate surface area is 117 Å². The van der Waals surface area contributed by atoms with Gasteiger partial charge in [0.05, 0.1) is 0 Å². The van der Waals surface area contributed by atoms with E-state index in [1.807, 2.05) is 0 Å². The maximum atomic E-state index is 10.1. The van der Waals surface area contributed by atoms with Crippen LogP contribution in [0.4, 0.5) is 0 Å². The molecular weight excluding hydrogens is 234 g/mol. The molecule has 0 aliphatic heterocycles. The molecule has 1 atom stereocenters. The van der Waals surface area contributed by atoms with E-state index in [0.29, 0.717) is 5.92 Å². The van der Waals surface area contributed by atoms with Gasteiger partial charge in [0.25, 0.3) is 0 Å². The third-order valence-corrected chi connectivity index (χ3v) is 4.18. The summed E-state index contributed by atoms with van der Waals surface area (Å²) in [5.41, 5.74) is 1.41. The second-order valence-electron chi connectivity index (χ2n) is 5.74. The summed E-state index contributed by atoms with van der Waals surface area (Å²) in [6, 6.07) is 10.6. The molecule has 106 valence electrons. The number of nitrogens with one attached hydrogen (secondary N) is 1. The molecule has 1 aromatic rings. The van der Waals surface area contributed by atoms with Gasteiger partial charge in [-0.3, -0.25) is 5.32 Å². The summed E-state index contributed by atoms with van der Waals surface area (Å²) in [5, 5.41) is 13.4. The Kier molecular flexibility index (Phi) is 6.38. The van der Waals surface area contributed by atoms with Gasteiger partial charge in [0.15, 0.2) is 0 Å². The molecule has 1 fully saturated rings. The summed E-state index contributed by atoms with van der Waals surface area (Å²) >= 11 is 0. The number of hydrogen-bond acceptors (Lipinski definition) is 2. The highest BCUT2D eigenvalue weighted by Crippen LogP contribution is 2.25. The minimum Gasteiger partial charge on any atom is -0.378 e. The molecule has 2 N–H and O–H groups in total. The number of aliphatic hydroxyl groups is 1. The van der Waals surface area contributed by atoms with Gasteiger partial charge >= 0.3 is 0 Å². The minimum atomic E-state index is -0.281. The van der Waals surface area contributed by atoms with Gasteiger partial charge in [0.2, 0.25) is 0 Å². The van der Waals surface area contributed by atoms with Gasteiger partial charge in [-0.2, -0.15) is 0 Å². The zero-order chi connectivity index (χ0) is 13.3. The van der Waals surface area contributed by atoms with Crippen LogP contribution in [-0.2, 0) is 6.42 Å². The van der Waals surface area contributed by atoms with E-state index in [4.69, 9.17) is 0 Å². The minimum absolute atomic E-state index is 0.281. The van der Waals surface area contributed by atoms with Gasteiger partial charge in [0.1, 0.15) is 6.23 Å². The maximum absolute atomic E-state index is 10.1. The molecule has 0 saturated heterocycles. The number of aryl methyl sites for hydroxylation is 1. The van der Waals surface area contributed by atoms with Crippen LogP contribution in [0.25, 0.3) is 0 Å². The third-order valence-electron chi connectivity index (χ3n) is 4.18. The molecule has 1 aromatic carbocycles. The number of rotatable bonds is 7. The highest BCUT2D eigenvalue weighted by atomic mass is 16.3. The lowest BCUT2D eigenvalue weighted by atomic mass is 9.88. The molecule has 19 heavy (non-hydrogen) atoms. The Hall–Kier alpha value is -0.860. The van der Waals surface area contributed by atoms with Crippen molar-refractivity contribution in [1.29, 1.82) is 0 Å². The fourth-order valence-electron chi connectivity index (χ4n) is 2.97. The number of aliphatic hydroxyl groups excluding tert-OH is 1. The molecule has 0 heterocycles. The van der Waals surface area contributed by atoms with Crippen LogP contribution in [-0.4, -0.2) is 17.9 Å². The fourth-order valence-corrected chi connectivity index (χ4v) is 2.97. The van der Waals surface area contributed by atoms with Crippen LogP contribution >= 0.6 is 0 Å². The van der Waals surface area contributed by atoms with Crippen LogP contribution in [0, 0.1) is 5.92 Å². The fraction of sp³-hybridized carbons (Fsp3) is 0.647. The number of benzene rings is 1. The predicted molar refractivity (Wildman–Crippen MR) is 80.0 cm³/mol. The molecule has 1 unspecified atom stereocenters. The summed E-state index contributed by atoms with van der Waals surface area (Å²) in [5.74, 6) is 0.489. The SMILES string of the molecule is OC(NCCCCc1ccccc1)C1CCCCC1. The Bertz CT molecular complexity index is 332. The molecule has 2 nitrogen and oxygen atoms in total. The first-order valence-electron chi connectivity index (χ1n) is 7.81. The molecule has 0 amide bonds.